The number of thioether (sulfide) groups is 1. The molecule has 0 radical (unpaired) electrons. The Morgan fingerprint density at radius 2 is 1.93 bits per heavy atom. The number of rotatable bonds is 7. The number of amidine groups is 1. The number of para-hydroxylation sites is 1. The molecule has 9 nitrogen and oxygen atoms in total. The molecule has 1 aromatic carbocycles. The number of furan rings is 1. The van der Waals surface area contributed by atoms with Crippen molar-refractivity contribution in [2.75, 3.05) is 20.0 Å². The molecule has 0 atom stereocenters. The Kier molecular flexibility index (Phi) is 5.67. The highest BCUT2D eigenvalue weighted by Crippen LogP contribution is 2.38. The van der Waals surface area contributed by atoms with Crippen LogP contribution < -0.4 is 15.0 Å². The summed E-state index contributed by atoms with van der Waals surface area (Å²) in [5, 5.41) is 25.4. The van der Waals surface area contributed by atoms with Crippen molar-refractivity contribution in [2.24, 2.45) is 0 Å². The third-order valence-electron chi connectivity index (χ3n) is 3.70. The summed E-state index contributed by atoms with van der Waals surface area (Å²) in [6.07, 6.45) is 0. The standard InChI is InChI=1S/C17H19N5O4S/c1-10-7-8-13(26-10)16-19-20-17(27-9-14(18)21-23)22(16)15-11(24-2)5-4-6-12(15)25-3/h4-8,23H,9H2,1-3H3,(H2,18,21). The summed E-state index contributed by atoms with van der Waals surface area (Å²) in [6.45, 7) is 1.85. The minimum Gasteiger partial charge on any atom is -0.494 e. The van der Waals surface area contributed by atoms with Gasteiger partial charge in [0.25, 0.3) is 0 Å². The smallest absolute Gasteiger partial charge is 0.205 e. The van der Waals surface area contributed by atoms with Crippen LogP contribution in [0.3, 0.4) is 0 Å². The first kappa shape index (κ1) is 18.8. The van der Waals surface area contributed by atoms with Gasteiger partial charge in [0.15, 0.2) is 10.9 Å². The molecule has 0 saturated heterocycles. The van der Waals surface area contributed by atoms with E-state index in [1.165, 1.54) is 11.8 Å². The molecule has 10 heteroatoms. The molecule has 0 fully saturated rings. The first-order valence-corrected chi connectivity index (χ1v) is 8.91. The monoisotopic (exact) mass is 389 g/mol. The lowest BCUT2D eigenvalue weighted by Crippen LogP contribution is -2.20. The molecule has 0 aliphatic rings. The minimum absolute atomic E-state index is 0.0584. The molecule has 3 N–H and O–H groups in total. The Balaban J connectivity index is 2.19. The van der Waals surface area contributed by atoms with Gasteiger partial charge >= 0.3 is 0 Å². The molecule has 0 saturated carbocycles. The van der Waals surface area contributed by atoms with Gasteiger partial charge in [0.05, 0.1) is 20.0 Å². The van der Waals surface area contributed by atoms with Crippen molar-refractivity contribution < 1.29 is 19.1 Å². The fraction of sp³-hybridized carbons (Fsp3) is 0.235. The van der Waals surface area contributed by atoms with Gasteiger partial charge in [-0.15, -0.1) is 10.2 Å². The summed E-state index contributed by atoms with van der Waals surface area (Å²) in [6, 6.07) is 9.08. The Hall–Kier alpha value is -2.98. The zero-order valence-electron chi connectivity index (χ0n) is 15.0. The zero-order chi connectivity index (χ0) is 19.4. The Labute approximate surface area is 159 Å². The molecule has 3 rings (SSSR count). The predicted octanol–water partition coefficient (Wildman–Crippen LogP) is 2.90. The van der Waals surface area contributed by atoms with E-state index >= 15 is 0 Å². The van der Waals surface area contributed by atoms with Crippen LogP contribution >= 0.6 is 11.8 Å². The average Bonchev–Trinajstić information content (AvgIpc) is 3.30. The number of hydrogen-bond donors (Lipinski definition) is 3. The Bertz CT molecular complexity index is 930. The second-order valence-corrected chi connectivity index (χ2v) is 6.38. The van der Waals surface area contributed by atoms with E-state index in [1.54, 1.807) is 30.9 Å². The largest absolute Gasteiger partial charge is 0.494 e. The van der Waals surface area contributed by atoms with E-state index in [0.717, 1.165) is 5.76 Å². The number of hydrogen-bond acceptors (Lipinski definition) is 8. The van der Waals surface area contributed by atoms with Crippen LogP contribution in [0.2, 0.25) is 0 Å². The summed E-state index contributed by atoms with van der Waals surface area (Å²) >= 11 is 1.22. The van der Waals surface area contributed by atoms with Crippen LogP contribution in [0.4, 0.5) is 0 Å². The molecular formula is C17H19N5O4S. The number of hydroxylamine groups is 1. The Morgan fingerprint density at radius 3 is 2.48 bits per heavy atom. The molecule has 3 aromatic rings. The van der Waals surface area contributed by atoms with Gasteiger partial charge in [-0.25, -0.2) is 0 Å². The van der Waals surface area contributed by atoms with Crippen molar-refractivity contribution in [1.29, 1.82) is 5.41 Å². The second-order valence-electron chi connectivity index (χ2n) is 5.44. The van der Waals surface area contributed by atoms with E-state index in [9.17, 15) is 0 Å². The first-order chi connectivity index (χ1) is 13.1. The van der Waals surface area contributed by atoms with E-state index in [0.29, 0.717) is 33.9 Å². The molecule has 0 aliphatic heterocycles. The summed E-state index contributed by atoms with van der Waals surface area (Å²) in [5.41, 5.74) is 2.43. The van der Waals surface area contributed by atoms with Crippen LogP contribution in [-0.4, -0.2) is 45.8 Å². The lowest BCUT2D eigenvalue weighted by molar-refractivity contribution is 0.233. The average molecular weight is 389 g/mol. The van der Waals surface area contributed by atoms with Crippen molar-refractivity contribution in [3.05, 3.63) is 36.1 Å². The lowest BCUT2D eigenvalue weighted by atomic mass is 10.2. The highest BCUT2D eigenvalue weighted by molar-refractivity contribution is 7.99. The quantitative estimate of drug-likeness (QED) is 0.244. The van der Waals surface area contributed by atoms with Crippen molar-refractivity contribution >= 4 is 17.6 Å². The Morgan fingerprint density at radius 1 is 1.22 bits per heavy atom. The van der Waals surface area contributed by atoms with Crippen molar-refractivity contribution in [3.8, 4) is 28.8 Å². The van der Waals surface area contributed by atoms with Crippen molar-refractivity contribution in [2.45, 2.75) is 12.1 Å². The highest BCUT2D eigenvalue weighted by Gasteiger charge is 2.24. The summed E-state index contributed by atoms with van der Waals surface area (Å²) in [7, 11) is 3.13. The topological polar surface area (TPSA) is 118 Å². The molecule has 0 amide bonds. The zero-order valence-corrected chi connectivity index (χ0v) is 15.8. The number of nitrogens with one attached hydrogen (secondary N) is 2. The molecule has 27 heavy (non-hydrogen) atoms. The van der Waals surface area contributed by atoms with Crippen LogP contribution in [0, 0.1) is 12.3 Å². The molecule has 2 aromatic heterocycles. The number of ether oxygens (including phenoxy) is 2. The minimum atomic E-state index is -0.0584. The van der Waals surface area contributed by atoms with Crippen molar-refractivity contribution in [1.82, 2.24) is 20.2 Å². The van der Waals surface area contributed by atoms with E-state index in [2.05, 4.69) is 10.2 Å². The van der Waals surface area contributed by atoms with Crippen LogP contribution in [0.1, 0.15) is 5.76 Å². The third-order valence-corrected chi connectivity index (χ3v) is 4.66. The van der Waals surface area contributed by atoms with Gasteiger partial charge < -0.3 is 13.9 Å². The SMILES string of the molecule is COc1cccc(OC)c1-n1c(SCC(=N)NO)nnc1-c1ccc(C)o1. The maximum Gasteiger partial charge on any atom is 0.205 e. The molecule has 0 unspecified atom stereocenters. The molecular weight excluding hydrogens is 370 g/mol. The van der Waals surface area contributed by atoms with Gasteiger partial charge in [-0.3, -0.25) is 20.7 Å². The first-order valence-electron chi connectivity index (χ1n) is 7.93. The van der Waals surface area contributed by atoms with Gasteiger partial charge in [0.1, 0.15) is 28.8 Å². The van der Waals surface area contributed by atoms with Crippen LogP contribution in [0.25, 0.3) is 17.3 Å². The maximum absolute atomic E-state index is 8.86. The number of aryl methyl sites for hydroxylation is 1. The normalized spacial score (nSPS) is 10.7. The summed E-state index contributed by atoms with van der Waals surface area (Å²) in [5.74, 6) is 2.99. The van der Waals surface area contributed by atoms with Gasteiger partial charge in [0, 0.05) is 0 Å². The second kappa shape index (κ2) is 8.14. The fourth-order valence-corrected chi connectivity index (χ4v) is 3.24. The number of aromatic nitrogens is 3. The predicted molar refractivity (Wildman–Crippen MR) is 100 cm³/mol. The highest BCUT2D eigenvalue weighted by atomic mass is 32.2. The van der Waals surface area contributed by atoms with Crippen molar-refractivity contribution in [3.63, 3.8) is 0 Å². The number of methoxy groups -OCH3 is 2. The van der Waals surface area contributed by atoms with Gasteiger partial charge in [0.2, 0.25) is 5.82 Å². The summed E-state index contributed by atoms with van der Waals surface area (Å²) in [4.78, 5) is 0. The molecule has 142 valence electrons. The fourth-order valence-electron chi connectivity index (χ4n) is 2.50. The molecule has 0 aliphatic carbocycles. The van der Waals surface area contributed by atoms with E-state index in [1.807, 2.05) is 30.6 Å². The van der Waals surface area contributed by atoms with E-state index < -0.39 is 0 Å². The van der Waals surface area contributed by atoms with E-state index in [-0.39, 0.29) is 11.6 Å². The lowest BCUT2D eigenvalue weighted by Gasteiger charge is -2.16. The summed E-state index contributed by atoms with van der Waals surface area (Å²) < 4.78 is 18.5. The number of nitrogens with zero attached hydrogens (tertiary/aromatic N) is 3. The molecule has 0 bridgehead atoms. The van der Waals surface area contributed by atoms with Gasteiger partial charge in [-0.05, 0) is 31.2 Å². The van der Waals surface area contributed by atoms with Gasteiger partial charge in [-0.1, -0.05) is 17.8 Å². The molecule has 0 spiro atoms. The van der Waals surface area contributed by atoms with Crippen LogP contribution in [0.5, 0.6) is 11.5 Å². The van der Waals surface area contributed by atoms with E-state index in [4.69, 9.17) is 24.5 Å². The van der Waals surface area contributed by atoms with Crippen LogP contribution in [0.15, 0.2) is 39.9 Å². The third kappa shape index (κ3) is 3.76. The van der Waals surface area contributed by atoms with Crippen LogP contribution in [-0.2, 0) is 0 Å². The number of benzene rings is 1. The maximum atomic E-state index is 8.86. The van der Waals surface area contributed by atoms with Gasteiger partial charge in [-0.2, -0.15) is 0 Å². The molecule has 2 heterocycles.